The van der Waals surface area contributed by atoms with Crippen LogP contribution in [0.4, 0.5) is 19.0 Å². The lowest BCUT2D eigenvalue weighted by atomic mass is 9.92. The molecule has 0 aliphatic carbocycles. The van der Waals surface area contributed by atoms with Crippen LogP contribution < -0.4 is 10.2 Å². The van der Waals surface area contributed by atoms with Crippen LogP contribution in [0.2, 0.25) is 0 Å². The van der Waals surface area contributed by atoms with E-state index in [-0.39, 0.29) is 29.7 Å². The fourth-order valence-electron chi connectivity index (χ4n) is 4.55. The van der Waals surface area contributed by atoms with Crippen molar-refractivity contribution in [3.8, 4) is 0 Å². The van der Waals surface area contributed by atoms with Crippen LogP contribution in [-0.4, -0.2) is 54.1 Å². The van der Waals surface area contributed by atoms with Crippen molar-refractivity contribution >= 4 is 11.7 Å². The summed E-state index contributed by atoms with van der Waals surface area (Å²) in [6, 6.07) is 2.35. The summed E-state index contributed by atoms with van der Waals surface area (Å²) < 4.78 is 40.1. The van der Waals surface area contributed by atoms with Gasteiger partial charge in [-0.2, -0.15) is 13.2 Å². The number of likely N-dealkylation sites (tertiary alicyclic amines) is 1. The second-order valence-electron chi connectivity index (χ2n) is 9.38. The van der Waals surface area contributed by atoms with E-state index in [0.29, 0.717) is 31.8 Å². The molecule has 2 aliphatic heterocycles. The molecule has 1 amide bonds. The van der Waals surface area contributed by atoms with Gasteiger partial charge in [0.15, 0.2) is 0 Å². The average molecular weight is 427 g/mol. The first-order chi connectivity index (χ1) is 14.1. The Morgan fingerprint density at radius 2 is 1.93 bits per heavy atom. The van der Waals surface area contributed by atoms with Crippen molar-refractivity contribution in [3.05, 3.63) is 23.9 Å². The van der Waals surface area contributed by atoms with Gasteiger partial charge < -0.3 is 10.2 Å². The predicted octanol–water partition coefficient (Wildman–Crippen LogP) is 3.94. The van der Waals surface area contributed by atoms with Crippen LogP contribution in [0.1, 0.15) is 52.0 Å². The van der Waals surface area contributed by atoms with Gasteiger partial charge in [0, 0.05) is 37.9 Å². The van der Waals surface area contributed by atoms with Crippen molar-refractivity contribution in [3.63, 3.8) is 0 Å². The Bertz CT molecular complexity index is 737. The van der Waals surface area contributed by atoms with E-state index in [1.165, 1.54) is 25.1 Å². The number of carbonyl (C=O) groups is 1. The number of nitrogens with zero attached hydrogens (tertiary/aromatic N) is 3. The van der Waals surface area contributed by atoms with Gasteiger partial charge >= 0.3 is 6.18 Å². The first-order valence-corrected chi connectivity index (χ1v) is 10.9. The van der Waals surface area contributed by atoms with Crippen molar-refractivity contribution in [1.29, 1.82) is 0 Å². The number of pyridine rings is 1. The Kier molecular flexibility index (Phi) is 6.95. The van der Waals surface area contributed by atoms with Gasteiger partial charge in [0.05, 0.1) is 11.5 Å². The molecule has 2 unspecified atom stereocenters. The Balaban J connectivity index is 1.61. The molecule has 0 aromatic carbocycles. The molecular weight excluding hydrogens is 393 g/mol. The number of anilines is 1. The summed E-state index contributed by atoms with van der Waals surface area (Å²) in [6.07, 6.45) is 0.660. The molecule has 1 N–H and O–H groups in total. The third kappa shape index (κ3) is 5.45. The van der Waals surface area contributed by atoms with Gasteiger partial charge in [-0.25, -0.2) is 4.98 Å². The second-order valence-corrected chi connectivity index (χ2v) is 9.38. The zero-order valence-electron chi connectivity index (χ0n) is 18.1. The molecule has 0 radical (unpaired) electrons. The number of nitrogens with one attached hydrogen (secondary N) is 1. The maximum atomic E-state index is 13.4. The summed E-state index contributed by atoms with van der Waals surface area (Å²) in [6.45, 7) is 9.86. The van der Waals surface area contributed by atoms with Gasteiger partial charge in [0.2, 0.25) is 5.91 Å². The largest absolute Gasteiger partial charge is 0.419 e. The number of halogens is 3. The number of carbonyl (C=O) groups excluding carboxylic acids is 1. The number of amides is 1. The molecule has 2 aliphatic rings. The van der Waals surface area contributed by atoms with Crippen LogP contribution in [0.5, 0.6) is 0 Å². The van der Waals surface area contributed by atoms with Gasteiger partial charge in [-0.1, -0.05) is 6.92 Å². The first kappa shape index (κ1) is 22.8. The maximum Gasteiger partial charge on any atom is 0.419 e. The fraction of sp³-hybridized carbons (Fsp3) is 0.727. The fourth-order valence-corrected chi connectivity index (χ4v) is 4.55. The SMILES string of the molecule is CC1CCCN(C(C)(C)CNC(=O)C2CCCN(c3ncccc3C(F)(F)F)C2)C1. The standard InChI is InChI=1S/C22H33F3N4O/c1-16-7-5-12-29(13-16)21(2,3)15-27-20(30)17-8-6-11-28(14-17)19-18(22(23,24)25)9-4-10-26-19/h4,9-10,16-17H,5-8,11-15H2,1-3H3,(H,27,30). The zero-order valence-corrected chi connectivity index (χ0v) is 18.1. The van der Waals surface area contributed by atoms with E-state index in [1.54, 1.807) is 4.90 Å². The van der Waals surface area contributed by atoms with Crippen LogP contribution in [0.25, 0.3) is 0 Å². The summed E-state index contributed by atoms with van der Waals surface area (Å²) >= 11 is 0. The third-order valence-electron chi connectivity index (χ3n) is 6.39. The molecule has 168 valence electrons. The molecule has 1 aromatic rings. The maximum absolute atomic E-state index is 13.4. The number of hydrogen-bond acceptors (Lipinski definition) is 4. The van der Waals surface area contributed by atoms with E-state index in [1.807, 2.05) is 0 Å². The molecule has 0 spiro atoms. The first-order valence-electron chi connectivity index (χ1n) is 10.9. The highest BCUT2D eigenvalue weighted by molar-refractivity contribution is 5.79. The Morgan fingerprint density at radius 3 is 2.63 bits per heavy atom. The Hall–Kier alpha value is -1.83. The molecule has 2 fully saturated rings. The van der Waals surface area contributed by atoms with Gasteiger partial charge in [0.1, 0.15) is 5.82 Å². The van der Waals surface area contributed by atoms with E-state index in [2.05, 4.69) is 36.0 Å². The Morgan fingerprint density at radius 1 is 1.20 bits per heavy atom. The smallest absolute Gasteiger partial charge is 0.355 e. The quantitative estimate of drug-likeness (QED) is 0.775. The Labute approximate surface area is 177 Å². The molecule has 5 nitrogen and oxygen atoms in total. The number of rotatable bonds is 5. The normalized spacial score (nSPS) is 24.0. The van der Waals surface area contributed by atoms with Gasteiger partial charge in [0.25, 0.3) is 0 Å². The van der Waals surface area contributed by atoms with Crippen molar-refractivity contribution in [1.82, 2.24) is 15.2 Å². The molecule has 8 heteroatoms. The van der Waals surface area contributed by atoms with Crippen LogP contribution in [0.3, 0.4) is 0 Å². The van der Waals surface area contributed by atoms with E-state index in [0.717, 1.165) is 19.2 Å². The highest BCUT2D eigenvalue weighted by Crippen LogP contribution is 2.36. The van der Waals surface area contributed by atoms with Crippen molar-refractivity contribution < 1.29 is 18.0 Å². The zero-order chi connectivity index (χ0) is 21.9. The molecule has 30 heavy (non-hydrogen) atoms. The van der Waals surface area contributed by atoms with Gasteiger partial charge in [-0.05, 0) is 64.1 Å². The summed E-state index contributed by atoms with van der Waals surface area (Å²) in [5, 5.41) is 3.07. The molecule has 2 saturated heterocycles. The summed E-state index contributed by atoms with van der Waals surface area (Å²) in [5.74, 6) is 0.159. The molecule has 0 bridgehead atoms. The number of aromatic nitrogens is 1. The minimum atomic E-state index is -4.46. The molecule has 1 aromatic heterocycles. The molecule has 3 heterocycles. The summed E-state index contributed by atoms with van der Waals surface area (Å²) in [7, 11) is 0. The number of piperidine rings is 2. The van der Waals surface area contributed by atoms with Gasteiger partial charge in [-0.3, -0.25) is 9.69 Å². The lowest BCUT2D eigenvalue weighted by Crippen LogP contribution is -2.55. The summed E-state index contributed by atoms with van der Waals surface area (Å²) in [5.41, 5.74) is -0.894. The van der Waals surface area contributed by atoms with Crippen LogP contribution >= 0.6 is 0 Å². The van der Waals surface area contributed by atoms with E-state index in [4.69, 9.17) is 0 Å². The molecule has 3 rings (SSSR count). The minimum Gasteiger partial charge on any atom is -0.355 e. The third-order valence-corrected chi connectivity index (χ3v) is 6.39. The van der Waals surface area contributed by atoms with Crippen molar-refractivity contribution in [2.24, 2.45) is 11.8 Å². The van der Waals surface area contributed by atoms with Gasteiger partial charge in [-0.15, -0.1) is 0 Å². The molecule has 0 saturated carbocycles. The predicted molar refractivity (Wildman–Crippen MR) is 111 cm³/mol. The van der Waals surface area contributed by atoms with E-state index < -0.39 is 11.7 Å². The number of alkyl halides is 3. The second kappa shape index (κ2) is 9.12. The van der Waals surface area contributed by atoms with Crippen LogP contribution in [0, 0.1) is 11.8 Å². The minimum absolute atomic E-state index is 0.0786. The molecule has 2 atom stereocenters. The van der Waals surface area contributed by atoms with E-state index in [9.17, 15) is 18.0 Å². The van der Waals surface area contributed by atoms with E-state index >= 15 is 0 Å². The average Bonchev–Trinajstić information content (AvgIpc) is 2.71. The van der Waals surface area contributed by atoms with Crippen molar-refractivity contribution in [2.45, 2.75) is 58.2 Å². The lowest BCUT2D eigenvalue weighted by molar-refractivity contribution is -0.137. The monoisotopic (exact) mass is 426 g/mol. The van der Waals surface area contributed by atoms with Crippen molar-refractivity contribution in [2.75, 3.05) is 37.6 Å². The van der Waals surface area contributed by atoms with Crippen LogP contribution in [0.15, 0.2) is 18.3 Å². The van der Waals surface area contributed by atoms with Crippen LogP contribution in [-0.2, 0) is 11.0 Å². The lowest BCUT2D eigenvalue weighted by Gasteiger charge is -2.43. The summed E-state index contributed by atoms with van der Waals surface area (Å²) in [4.78, 5) is 20.9. The molecular formula is C22H33F3N4O. The highest BCUT2D eigenvalue weighted by atomic mass is 19.4. The number of hydrogen-bond donors (Lipinski definition) is 1. The topological polar surface area (TPSA) is 48.5 Å². The highest BCUT2D eigenvalue weighted by Gasteiger charge is 2.38.